The Labute approximate surface area is 166 Å². The van der Waals surface area contributed by atoms with Crippen LogP contribution in [0.25, 0.3) is 22.4 Å². The lowest BCUT2D eigenvalue weighted by atomic mass is 10.0. The van der Waals surface area contributed by atoms with Crippen molar-refractivity contribution < 1.29 is 9.53 Å². The van der Waals surface area contributed by atoms with Gasteiger partial charge in [0.15, 0.2) is 5.13 Å². The van der Waals surface area contributed by atoms with Crippen LogP contribution < -0.4 is 5.32 Å². The molecule has 1 N–H and O–H groups in total. The van der Waals surface area contributed by atoms with Crippen LogP contribution in [0.1, 0.15) is 22.1 Å². The first-order valence-corrected chi connectivity index (χ1v) is 9.84. The van der Waals surface area contributed by atoms with E-state index in [2.05, 4.69) is 46.7 Å². The Morgan fingerprint density at radius 1 is 0.821 bits per heavy atom. The van der Waals surface area contributed by atoms with Gasteiger partial charge in [-0.15, -0.1) is 11.3 Å². The number of esters is 1. The van der Waals surface area contributed by atoms with Gasteiger partial charge in [-0.2, -0.15) is 0 Å². The average Bonchev–Trinajstić information content (AvgIpc) is 3.34. The molecule has 0 saturated carbocycles. The summed E-state index contributed by atoms with van der Waals surface area (Å²) in [6.45, 7) is 0. The van der Waals surface area contributed by atoms with Gasteiger partial charge >= 0.3 is 5.97 Å². The van der Waals surface area contributed by atoms with Gasteiger partial charge in [-0.25, -0.2) is 9.78 Å². The van der Waals surface area contributed by atoms with Crippen LogP contribution in [-0.4, -0.2) is 11.0 Å². The molecule has 28 heavy (non-hydrogen) atoms. The van der Waals surface area contributed by atoms with Crippen LogP contribution in [-0.2, 0) is 4.74 Å². The van der Waals surface area contributed by atoms with Gasteiger partial charge in [-0.1, -0.05) is 72.8 Å². The van der Waals surface area contributed by atoms with E-state index in [9.17, 15) is 4.79 Å². The number of benzene rings is 3. The van der Waals surface area contributed by atoms with Crippen molar-refractivity contribution in [2.45, 2.75) is 6.23 Å². The predicted octanol–water partition coefficient (Wildman–Crippen LogP) is 5.76. The molecule has 0 unspecified atom stereocenters. The van der Waals surface area contributed by atoms with Crippen LogP contribution in [0.5, 0.6) is 0 Å². The molecule has 0 radical (unpaired) electrons. The first kappa shape index (κ1) is 16.7. The second kappa shape index (κ2) is 6.94. The van der Waals surface area contributed by atoms with Crippen molar-refractivity contribution in [1.82, 2.24) is 4.98 Å². The normalized spacial score (nSPS) is 15.1. The van der Waals surface area contributed by atoms with Crippen molar-refractivity contribution in [3.8, 4) is 22.4 Å². The molecule has 5 rings (SSSR count). The summed E-state index contributed by atoms with van der Waals surface area (Å²) in [6.07, 6.45) is -0.497. The Bertz CT molecular complexity index is 1140. The molecule has 1 aliphatic heterocycles. The lowest BCUT2D eigenvalue weighted by molar-refractivity contribution is 0.0437. The lowest BCUT2D eigenvalue weighted by Crippen LogP contribution is -2.09. The third-order valence-corrected chi connectivity index (χ3v) is 5.51. The fourth-order valence-corrected chi connectivity index (χ4v) is 4.04. The SMILES string of the molecule is O=C1O[C@@H](Nc2nc(-c3ccc(-c4ccccc4)cc3)cs2)c2ccccc21. The summed E-state index contributed by atoms with van der Waals surface area (Å²) < 4.78 is 5.43. The number of ether oxygens (including phenoxy) is 1. The van der Waals surface area contributed by atoms with Gasteiger partial charge in [0.05, 0.1) is 11.3 Å². The van der Waals surface area contributed by atoms with E-state index in [-0.39, 0.29) is 5.97 Å². The van der Waals surface area contributed by atoms with Gasteiger partial charge in [0.25, 0.3) is 0 Å². The van der Waals surface area contributed by atoms with Crippen molar-refractivity contribution >= 4 is 22.4 Å². The van der Waals surface area contributed by atoms with Crippen LogP contribution in [0.2, 0.25) is 0 Å². The number of fused-ring (bicyclic) bond motifs is 1. The Hall–Kier alpha value is -3.44. The molecule has 4 aromatic rings. The Kier molecular flexibility index (Phi) is 4.14. The molecule has 0 aliphatic carbocycles. The summed E-state index contributed by atoms with van der Waals surface area (Å²) in [5.41, 5.74) is 5.76. The molecule has 1 atom stereocenters. The minimum absolute atomic E-state index is 0.304. The quantitative estimate of drug-likeness (QED) is 0.455. The van der Waals surface area contributed by atoms with Gasteiger partial charge in [-0.05, 0) is 17.2 Å². The van der Waals surface area contributed by atoms with Crippen LogP contribution in [0.3, 0.4) is 0 Å². The highest BCUT2D eigenvalue weighted by molar-refractivity contribution is 7.14. The number of rotatable bonds is 4. The number of cyclic esters (lactones) is 1. The minimum Gasteiger partial charge on any atom is -0.434 e. The van der Waals surface area contributed by atoms with E-state index in [0.29, 0.717) is 5.56 Å². The van der Waals surface area contributed by atoms with Crippen molar-refractivity contribution in [2.24, 2.45) is 0 Å². The van der Waals surface area contributed by atoms with Crippen molar-refractivity contribution in [3.63, 3.8) is 0 Å². The van der Waals surface area contributed by atoms with Crippen molar-refractivity contribution in [1.29, 1.82) is 0 Å². The molecule has 2 heterocycles. The van der Waals surface area contributed by atoms with E-state index in [4.69, 9.17) is 4.74 Å². The molecule has 0 saturated heterocycles. The standard InChI is InChI=1S/C23H16N2O2S/c26-22-19-9-5-4-8-18(19)21(27-22)25-23-24-20(14-28-23)17-12-10-16(11-13-17)15-6-2-1-3-7-15/h1-14,21H,(H,24,25)/t21-/m1/s1. The molecule has 3 aromatic carbocycles. The summed E-state index contributed by atoms with van der Waals surface area (Å²) in [5.74, 6) is -0.304. The molecule has 0 fully saturated rings. The molecule has 136 valence electrons. The summed E-state index contributed by atoms with van der Waals surface area (Å²) in [6, 6.07) is 26.1. The monoisotopic (exact) mass is 384 g/mol. The minimum atomic E-state index is -0.497. The van der Waals surface area contributed by atoms with E-state index in [1.165, 1.54) is 22.5 Å². The largest absolute Gasteiger partial charge is 0.434 e. The second-order valence-corrected chi connectivity index (χ2v) is 7.36. The molecule has 0 amide bonds. The molecule has 0 spiro atoms. The van der Waals surface area contributed by atoms with E-state index >= 15 is 0 Å². The van der Waals surface area contributed by atoms with Crippen LogP contribution in [0.4, 0.5) is 5.13 Å². The fourth-order valence-electron chi connectivity index (χ4n) is 3.30. The van der Waals surface area contributed by atoms with Gasteiger partial charge in [0.1, 0.15) is 0 Å². The van der Waals surface area contributed by atoms with Gasteiger partial charge in [-0.3, -0.25) is 0 Å². The zero-order valence-electron chi connectivity index (χ0n) is 14.8. The number of anilines is 1. The first-order chi connectivity index (χ1) is 13.8. The Morgan fingerprint density at radius 2 is 1.50 bits per heavy atom. The van der Waals surface area contributed by atoms with Gasteiger partial charge in [0.2, 0.25) is 6.23 Å². The number of hydrogen-bond donors (Lipinski definition) is 1. The molecule has 0 bridgehead atoms. The molecular formula is C23H16N2O2S. The number of aromatic nitrogens is 1. The van der Waals surface area contributed by atoms with E-state index < -0.39 is 6.23 Å². The smallest absolute Gasteiger partial charge is 0.340 e. The van der Waals surface area contributed by atoms with Crippen molar-refractivity contribution in [3.05, 3.63) is 95.4 Å². The highest BCUT2D eigenvalue weighted by atomic mass is 32.1. The van der Waals surface area contributed by atoms with E-state index in [0.717, 1.165) is 22.0 Å². The number of hydrogen-bond acceptors (Lipinski definition) is 5. The second-order valence-electron chi connectivity index (χ2n) is 6.50. The highest BCUT2D eigenvalue weighted by Gasteiger charge is 2.30. The number of nitrogens with one attached hydrogen (secondary N) is 1. The average molecular weight is 384 g/mol. The lowest BCUT2D eigenvalue weighted by Gasteiger charge is -2.11. The predicted molar refractivity (Wildman–Crippen MR) is 111 cm³/mol. The molecule has 1 aliphatic rings. The van der Waals surface area contributed by atoms with E-state index in [1.807, 2.05) is 41.8 Å². The zero-order valence-corrected chi connectivity index (χ0v) is 15.6. The van der Waals surface area contributed by atoms with E-state index in [1.54, 1.807) is 6.07 Å². The number of nitrogens with zero attached hydrogens (tertiary/aromatic N) is 1. The molecule has 4 nitrogen and oxygen atoms in total. The summed E-state index contributed by atoms with van der Waals surface area (Å²) in [4.78, 5) is 16.6. The third kappa shape index (κ3) is 3.06. The van der Waals surface area contributed by atoms with Crippen molar-refractivity contribution in [2.75, 3.05) is 5.32 Å². The maximum absolute atomic E-state index is 12.0. The van der Waals surface area contributed by atoms with Crippen LogP contribution in [0, 0.1) is 0 Å². The molecular weight excluding hydrogens is 368 g/mol. The summed E-state index contributed by atoms with van der Waals surface area (Å²) in [7, 11) is 0. The maximum Gasteiger partial charge on any atom is 0.340 e. The summed E-state index contributed by atoms with van der Waals surface area (Å²) >= 11 is 1.49. The number of carbonyl (C=O) groups excluding carboxylic acids is 1. The number of thiazole rings is 1. The molecule has 5 heteroatoms. The Morgan fingerprint density at radius 3 is 2.32 bits per heavy atom. The maximum atomic E-state index is 12.0. The first-order valence-electron chi connectivity index (χ1n) is 8.96. The topological polar surface area (TPSA) is 51.2 Å². The molecule has 1 aromatic heterocycles. The summed E-state index contributed by atoms with van der Waals surface area (Å²) in [5, 5.41) is 5.94. The van der Waals surface area contributed by atoms with Crippen LogP contribution in [0.15, 0.2) is 84.2 Å². The van der Waals surface area contributed by atoms with Crippen LogP contribution >= 0.6 is 11.3 Å². The van der Waals surface area contributed by atoms with Gasteiger partial charge < -0.3 is 10.1 Å². The number of carbonyl (C=O) groups is 1. The highest BCUT2D eigenvalue weighted by Crippen LogP contribution is 2.34. The Balaban J connectivity index is 1.35. The third-order valence-electron chi connectivity index (χ3n) is 4.73. The fraction of sp³-hybridized carbons (Fsp3) is 0.0435. The van der Waals surface area contributed by atoms with Gasteiger partial charge in [0, 0.05) is 16.5 Å². The zero-order chi connectivity index (χ0) is 18.9.